The fraction of sp³-hybridized carbons (Fsp3) is 0.438. The van der Waals surface area contributed by atoms with Gasteiger partial charge in [0.05, 0.1) is 16.9 Å². The number of carbonyl (C=O) groups excluding carboxylic acids is 1. The van der Waals surface area contributed by atoms with E-state index >= 15 is 0 Å². The van der Waals surface area contributed by atoms with Gasteiger partial charge in [-0.1, -0.05) is 6.07 Å². The average Bonchev–Trinajstić information content (AvgIpc) is 3.01. The van der Waals surface area contributed by atoms with Gasteiger partial charge in [-0.3, -0.25) is 9.78 Å². The molecule has 0 atom stereocenters. The van der Waals surface area contributed by atoms with Gasteiger partial charge in [0.25, 0.3) is 0 Å². The van der Waals surface area contributed by atoms with Gasteiger partial charge in [0.15, 0.2) is 18.6 Å². The molecule has 132 valence electrons. The first-order valence-electron chi connectivity index (χ1n) is 7.87. The summed E-state index contributed by atoms with van der Waals surface area (Å²) in [5.74, 6) is 0. The summed E-state index contributed by atoms with van der Waals surface area (Å²) in [4.78, 5) is 16.1. The summed E-state index contributed by atoms with van der Waals surface area (Å²) in [5.41, 5.74) is 0.934. The molecule has 2 aromatic heterocycles. The van der Waals surface area contributed by atoms with E-state index in [2.05, 4.69) is 10.1 Å². The van der Waals surface area contributed by atoms with Crippen LogP contribution >= 0.6 is 12.3 Å². The number of halogens is 1. The topological polar surface area (TPSA) is 66.2 Å². The molecule has 3 rings (SSSR count). The number of rotatable bonds is 4. The largest absolute Gasteiger partial charge is 0.499 e. The van der Waals surface area contributed by atoms with Crippen molar-refractivity contribution in [3.8, 4) is 11.4 Å². The van der Waals surface area contributed by atoms with E-state index < -0.39 is 18.3 Å². The second kappa shape index (κ2) is 6.23. The van der Waals surface area contributed by atoms with Crippen molar-refractivity contribution < 1.29 is 18.0 Å². The minimum absolute atomic E-state index is 0.0595. The second-order valence-electron chi connectivity index (χ2n) is 6.96. The van der Waals surface area contributed by atoms with E-state index in [0.29, 0.717) is 23.1 Å². The van der Waals surface area contributed by atoms with E-state index in [0.717, 1.165) is 9.78 Å². The molecule has 0 spiro atoms. The Kier molecular flexibility index (Phi) is 4.51. The number of aromatic nitrogens is 3. The Balaban J connectivity index is 2.18. The van der Waals surface area contributed by atoms with Crippen LogP contribution in [0.4, 0.5) is 3.89 Å². The lowest BCUT2D eigenvalue weighted by Gasteiger charge is -2.32. The molecule has 9 heteroatoms. The molecule has 3 heterocycles. The van der Waals surface area contributed by atoms with Crippen LogP contribution in [0.5, 0.6) is 0 Å². The van der Waals surface area contributed by atoms with E-state index in [-0.39, 0.29) is 18.0 Å². The minimum Gasteiger partial charge on any atom is -0.399 e. The van der Waals surface area contributed by atoms with Crippen molar-refractivity contribution in [3.63, 3.8) is 0 Å². The van der Waals surface area contributed by atoms with E-state index in [1.54, 1.807) is 6.07 Å². The van der Waals surface area contributed by atoms with Crippen molar-refractivity contribution in [1.29, 1.82) is 0 Å². The third kappa shape index (κ3) is 3.00. The zero-order valence-electron chi connectivity index (χ0n) is 14.7. The lowest BCUT2D eigenvalue weighted by atomic mass is 9.76. The maximum absolute atomic E-state index is 13.3. The molecule has 2 aromatic rings. The maximum atomic E-state index is 13.3. The van der Waals surface area contributed by atoms with Gasteiger partial charge in [-0.15, -0.1) is 3.89 Å². The molecule has 0 amide bonds. The lowest BCUT2D eigenvalue weighted by Crippen LogP contribution is -2.41. The summed E-state index contributed by atoms with van der Waals surface area (Å²) in [6, 6.07) is 5.43. The molecular weight excluding hydrogens is 344 g/mol. The Morgan fingerprint density at radius 1 is 1.24 bits per heavy atom. The highest BCUT2D eigenvalue weighted by molar-refractivity contribution is 7.92. The molecule has 0 unspecified atom stereocenters. The number of hydrogen-bond donors (Lipinski definition) is 0. The molecule has 0 bridgehead atoms. The standard InChI is InChI=1S/C16H19BFN3O3S/c1-10-7-6-8-11(19-10)14-13(12(9-22)21(20-14)25-18)17-23-15(2,3)16(4,5)24-17/h6-9H,1-5H3. The molecule has 6 nitrogen and oxygen atoms in total. The predicted octanol–water partition coefficient (Wildman–Crippen LogP) is 2.75. The van der Waals surface area contributed by atoms with Crippen LogP contribution in [0.1, 0.15) is 43.9 Å². The number of hydrogen-bond acceptors (Lipinski definition) is 6. The molecule has 0 radical (unpaired) electrons. The van der Waals surface area contributed by atoms with Crippen molar-refractivity contribution in [3.05, 3.63) is 29.6 Å². The number of pyridine rings is 1. The van der Waals surface area contributed by atoms with Gasteiger partial charge in [0.2, 0.25) is 0 Å². The molecule has 0 N–H and O–H groups in total. The Morgan fingerprint density at radius 2 is 1.88 bits per heavy atom. The van der Waals surface area contributed by atoms with Gasteiger partial charge in [0, 0.05) is 11.2 Å². The van der Waals surface area contributed by atoms with E-state index in [1.807, 2.05) is 46.8 Å². The summed E-state index contributed by atoms with van der Waals surface area (Å²) in [5, 5.41) is 4.20. The van der Waals surface area contributed by atoms with Crippen LogP contribution in [-0.2, 0) is 9.31 Å². The fourth-order valence-electron chi connectivity index (χ4n) is 2.64. The van der Waals surface area contributed by atoms with Gasteiger partial charge in [-0.25, -0.2) is 0 Å². The smallest absolute Gasteiger partial charge is 0.399 e. The van der Waals surface area contributed by atoms with Crippen LogP contribution in [0, 0.1) is 6.92 Å². The van der Waals surface area contributed by atoms with Crippen molar-refractivity contribution in [2.24, 2.45) is 0 Å². The number of nitrogens with zero attached hydrogens (tertiary/aromatic N) is 3. The highest BCUT2D eigenvalue weighted by atomic mass is 32.2. The zero-order valence-corrected chi connectivity index (χ0v) is 15.6. The van der Waals surface area contributed by atoms with Crippen molar-refractivity contribution in [1.82, 2.24) is 14.2 Å². The minimum atomic E-state index is -0.844. The summed E-state index contributed by atoms with van der Waals surface area (Å²) < 4.78 is 26.3. The van der Waals surface area contributed by atoms with Crippen molar-refractivity contribution in [2.75, 3.05) is 0 Å². The Hall–Kier alpha value is -1.71. The molecule has 0 aliphatic carbocycles. The third-order valence-corrected chi connectivity index (χ3v) is 5.13. The Morgan fingerprint density at radius 3 is 2.40 bits per heavy atom. The number of aldehydes is 1. The highest BCUT2D eigenvalue weighted by Crippen LogP contribution is 2.37. The number of aryl methyl sites for hydroxylation is 1. The van der Waals surface area contributed by atoms with Gasteiger partial charge < -0.3 is 9.31 Å². The van der Waals surface area contributed by atoms with Gasteiger partial charge in [0.1, 0.15) is 11.4 Å². The third-order valence-electron chi connectivity index (χ3n) is 4.72. The molecule has 0 saturated carbocycles. The summed E-state index contributed by atoms with van der Waals surface area (Å²) in [6.45, 7) is 9.48. The van der Waals surface area contributed by atoms with Crippen LogP contribution in [0.2, 0.25) is 0 Å². The summed E-state index contributed by atoms with van der Waals surface area (Å²) in [7, 11) is -0.844. The lowest BCUT2D eigenvalue weighted by molar-refractivity contribution is 0.00578. The first kappa shape index (κ1) is 18.1. The average molecular weight is 363 g/mol. The van der Waals surface area contributed by atoms with E-state index in [4.69, 9.17) is 9.31 Å². The molecular formula is C16H19BFN3O3S. The molecule has 0 aromatic carbocycles. The molecule has 1 aliphatic heterocycles. The van der Waals surface area contributed by atoms with Crippen molar-refractivity contribution >= 4 is 31.2 Å². The van der Waals surface area contributed by atoms with Gasteiger partial charge in [-0.2, -0.15) is 9.19 Å². The Labute approximate surface area is 150 Å². The van der Waals surface area contributed by atoms with Crippen LogP contribution in [0.15, 0.2) is 18.2 Å². The summed E-state index contributed by atoms with van der Waals surface area (Å²) in [6.07, 6.45) is 0.555. The number of carbonyl (C=O) groups is 1. The van der Waals surface area contributed by atoms with Gasteiger partial charge in [-0.05, 0) is 46.8 Å². The van der Waals surface area contributed by atoms with Crippen LogP contribution < -0.4 is 5.46 Å². The molecule has 1 aliphatic rings. The van der Waals surface area contributed by atoms with Crippen LogP contribution in [0.25, 0.3) is 11.4 Å². The second-order valence-corrected chi connectivity index (χ2v) is 7.44. The van der Waals surface area contributed by atoms with E-state index in [9.17, 15) is 8.68 Å². The maximum Gasteiger partial charge on any atom is 0.499 e. The van der Waals surface area contributed by atoms with E-state index in [1.165, 1.54) is 0 Å². The highest BCUT2D eigenvalue weighted by Gasteiger charge is 2.54. The predicted molar refractivity (Wildman–Crippen MR) is 95.4 cm³/mol. The molecule has 25 heavy (non-hydrogen) atoms. The first-order valence-corrected chi connectivity index (χ1v) is 8.54. The fourth-order valence-corrected chi connectivity index (χ4v) is 2.97. The summed E-state index contributed by atoms with van der Waals surface area (Å²) >= 11 is -0.152. The normalized spacial score (nSPS) is 18.6. The quantitative estimate of drug-likeness (QED) is 0.615. The zero-order chi connectivity index (χ0) is 18.4. The van der Waals surface area contributed by atoms with Crippen molar-refractivity contribution in [2.45, 2.75) is 45.8 Å². The monoisotopic (exact) mass is 363 g/mol. The van der Waals surface area contributed by atoms with Crippen LogP contribution in [-0.4, -0.2) is 38.8 Å². The SMILES string of the molecule is Cc1cccc(-c2nn(SF)c(C=O)c2B2OC(C)(C)C(C)(C)O2)n1. The Bertz CT molecular complexity index is 809. The molecule has 1 saturated heterocycles. The first-order chi connectivity index (χ1) is 11.7. The van der Waals surface area contributed by atoms with Crippen LogP contribution in [0.3, 0.4) is 0 Å². The van der Waals surface area contributed by atoms with Gasteiger partial charge >= 0.3 is 7.12 Å². The molecule has 1 fully saturated rings.